The molecular weight excluding hydrogens is 572 g/mol. The molecule has 3 aromatic rings. The van der Waals surface area contributed by atoms with Gasteiger partial charge in [-0.3, -0.25) is 14.5 Å². The van der Waals surface area contributed by atoms with E-state index < -0.39 is 12.3 Å². The highest BCUT2D eigenvalue weighted by Crippen LogP contribution is 2.39. The van der Waals surface area contributed by atoms with Gasteiger partial charge in [-0.15, -0.1) is 0 Å². The summed E-state index contributed by atoms with van der Waals surface area (Å²) in [6.07, 6.45) is 2.87. The van der Waals surface area contributed by atoms with E-state index in [1.165, 1.54) is 0 Å². The number of carbonyl (C=O) groups excluding carboxylic acids is 1. The van der Waals surface area contributed by atoms with Gasteiger partial charge in [0.15, 0.2) is 6.29 Å². The van der Waals surface area contributed by atoms with Gasteiger partial charge in [-0.05, 0) is 59.7 Å². The molecule has 2 fully saturated rings. The first-order chi connectivity index (χ1) is 21.9. The topological polar surface area (TPSA) is 118 Å². The van der Waals surface area contributed by atoms with Crippen molar-refractivity contribution in [2.24, 2.45) is 0 Å². The summed E-state index contributed by atoms with van der Waals surface area (Å²) in [6.45, 7) is 2.97. The molecule has 4 atom stereocenters. The lowest BCUT2D eigenvalue weighted by Crippen LogP contribution is -2.42. The first-order valence-electron chi connectivity index (χ1n) is 15.8. The molecule has 1 amide bonds. The molecule has 0 aromatic heterocycles. The summed E-state index contributed by atoms with van der Waals surface area (Å²) >= 11 is 0. The highest BCUT2D eigenvalue weighted by Gasteiger charge is 2.35. The molecule has 45 heavy (non-hydrogen) atoms. The predicted octanol–water partition coefficient (Wildman–Crippen LogP) is 5.37. The summed E-state index contributed by atoms with van der Waals surface area (Å²) < 4.78 is 18.6. The number of aliphatic hydroxyl groups excluding tert-OH is 1. The van der Waals surface area contributed by atoms with Gasteiger partial charge < -0.3 is 29.7 Å². The Morgan fingerprint density at radius 1 is 0.956 bits per heavy atom. The molecule has 240 valence electrons. The number of nitrogens with one attached hydrogen (secondary N) is 1. The standard InChI is InChI=1S/C36H44N2O7/c1-43-24-31-7-4-18-38(31)22-32-20-33(28-12-10-25(23-39)11-13-28)45-36(44-32)29-16-14-27(15-17-29)30-6-2-5-26(19-30)21-37-34(40)8-3-9-35(41)42/h2,5-6,10-17,19,31-33,36,39H,3-4,7-9,18,20-24H2,1H3,(H,37,40)(H,41,42)/t31-,32-,33+,36+/m0/s1. The summed E-state index contributed by atoms with van der Waals surface area (Å²) in [5, 5.41) is 21.2. The maximum Gasteiger partial charge on any atom is 0.303 e. The first kappa shape index (κ1) is 32.8. The van der Waals surface area contributed by atoms with Gasteiger partial charge in [0, 0.05) is 51.1 Å². The fraction of sp³-hybridized carbons (Fsp3) is 0.444. The molecule has 0 saturated carbocycles. The van der Waals surface area contributed by atoms with Crippen LogP contribution in [-0.4, -0.2) is 65.9 Å². The van der Waals surface area contributed by atoms with Crippen LogP contribution in [-0.2, 0) is 37.0 Å². The van der Waals surface area contributed by atoms with E-state index in [4.69, 9.17) is 19.3 Å². The summed E-state index contributed by atoms with van der Waals surface area (Å²) in [4.78, 5) is 25.3. The lowest BCUT2D eigenvalue weighted by atomic mass is 9.98. The van der Waals surface area contributed by atoms with Crippen LogP contribution in [0.4, 0.5) is 0 Å². The summed E-state index contributed by atoms with van der Waals surface area (Å²) in [7, 11) is 1.76. The van der Waals surface area contributed by atoms with Gasteiger partial charge in [0.25, 0.3) is 0 Å². The molecule has 3 N–H and O–H groups in total. The number of benzene rings is 3. The molecule has 0 aliphatic carbocycles. The van der Waals surface area contributed by atoms with Crippen LogP contribution in [0.2, 0.25) is 0 Å². The largest absolute Gasteiger partial charge is 0.481 e. The van der Waals surface area contributed by atoms with Crippen LogP contribution in [0.15, 0.2) is 72.8 Å². The second-order valence-corrected chi connectivity index (χ2v) is 11.9. The van der Waals surface area contributed by atoms with Crippen LogP contribution in [0.5, 0.6) is 0 Å². The van der Waals surface area contributed by atoms with E-state index in [0.29, 0.717) is 19.0 Å². The number of likely N-dealkylation sites (tertiary alicyclic amines) is 1. The molecule has 2 aliphatic heterocycles. The molecule has 5 rings (SSSR count). The molecule has 0 spiro atoms. The smallest absolute Gasteiger partial charge is 0.303 e. The van der Waals surface area contributed by atoms with Crippen LogP contribution in [0.3, 0.4) is 0 Å². The van der Waals surface area contributed by atoms with E-state index in [9.17, 15) is 14.7 Å². The fourth-order valence-corrected chi connectivity index (χ4v) is 6.19. The van der Waals surface area contributed by atoms with Crippen molar-refractivity contribution in [2.45, 2.75) is 76.2 Å². The van der Waals surface area contributed by atoms with Gasteiger partial charge in [-0.25, -0.2) is 0 Å². The molecule has 3 aromatic carbocycles. The Morgan fingerprint density at radius 2 is 1.73 bits per heavy atom. The van der Waals surface area contributed by atoms with Gasteiger partial charge in [-0.1, -0.05) is 66.7 Å². The number of amides is 1. The number of aliphatic carboxylic acids is 1. The van der Waals surface area contributed by atoms with E-state index in [0.717, 1.165) is 72.3 Å². The molecule has 9 heteroatoms. The zero-order chi connectivity index (χ0) is 31.6. The van der Waals surface area contributed by atoms with Gasteiger partial charge in [0.2, 0.25) is 5.91 Å². The Kier molecular flexibility index (Phi) is 11.7. The van der Waals surface area contributed by atoms with Gasteiger partial charge in [-0.2, -0.15) is 0 Å². The molecule has 0 unspecified atom stereocenters. The minimum atomic E-state index is -0.894. The molecule has 2 saturated heterocycles. The number of nitrogens with zero attached hydrogens (tertiary/aromatic N) is 1. The predicted molar refractivity (Wildman–Crippen MR) is 170 cm³/mol. The third-order valence-corrected chi connectivity index (χ3v) is 8.64. The zero-order valence-corrected chi connectivity index (χ0v) is 25.9. The normalized spacial score (nSPS) is 21.9. The quantitative estimate of drug-likeness (QED) is 0.221. The van der Waals surface area contributed by atoms with E-state index in [2.05, 4.69) is 40.5 Å². The second-order valence-electron chi connectivity index (χ2n) is 11.9. The first-order valence-corrected chi connectivity index (χ1v) is 15.8. The molecular formula is C36H44N2O7. The number of carbonyl (C=O) groups is 2. The molecule has 0 bridgehead atoms. The molecule has 9 nitrogen and oxygen atoms in total. The SMILES string of the molecule is COC[C@@H]1CCCN1C[C@@H]1C[C@H](c2ccc(CO)cc2)O[C@H](c2ccc(-c3cccc(CNC(=O)CCCC(=O)O)c3)cc2)O1. The number of methoxy groups -OCH3 is 1. The average molecular weight is 617 g/mol. The Hall–Kier alpha value is -3.60. The fourth-order valence-electron chi connectivity index (χ4n) is 6.19. The molecule has 2 aliphatic rings. The number of hydrogen-bond donors (Lipinski definition) is 3. The summed E-state index contributed by atoms with van der Waals surface area (Å²) in [5.41, 5.74) is 5.92. The highest BCUT2D eigenvalue weighted by molar-refractivity contribution is 5.76. The number of rotatable bonds is 14. The highest BCUT2D eigenvalue weighted by atomic mass is 16.7. The average Bonchev–Trinajstić information content (AvgIpc) is 3.50. The van der Waals surface area contributed by atoms with Gasteiger partial charge >= 0.3 is 5.97 Å². The van der Waals surface area contributed by atoms with Crippen molar-refractivity contribution in [2.75, 3.05) is 26.8 Å². The number of carboxylic acids is 1. The van der Waals surface area contributed by atoms with E-state index >= 15 is 0 Å². The van der Waals surface area contributed by atoms with Crippen molar-refractivity contribution >= 4 is 11.9 Å². The van der Waals surface area contributed by atoms with Gasteiger partial charge in [0.05, 0.1) is 25.4 Å². The minimum Gasteiger partial charge on any atom is -0.481 e. The van der Waals surface area contributed by atoms with E-state index in [-0.39, 0.29) is 37.6 Å². The van der Waals surface area contributed by atoms with E-state index in [1.807, 2.05) is 42.5 Å². The maximum absolute atomic E-state index is 12.1. The van der Waals surface area contributed by atoms with Crippen molar-refractivity contribution in [1.29, 1.82) is 0 Å². The molecule has 0 radical (unpaired) electrons. The Labute approximate surface area is 265 Å². The maximum atomic E-state index is 12.1. The number of aliphatic hydroxyl groups is 1. The van der Waals surface area contributed by atoms with Crippen LogP contribution in [0.1, 0.15) is 73.2 Å². The van der Waals surface area contributed by atoms with Gasteiger partial charge in [0.1, 0.15) is 0 Å². The lowest BCUT2D eigenvalue weighted by Gasteiger charge is -2.38. The number of hydrogen-bond acceptors (Lipinski definition) is 7. The summed E-state index contributed by atoms with van der Waals surface area (Å²) in [5.74, 6) is -1.05. The van der Waals surface area contributed by atoms with Crippen molar-refractivity contribution in [3.8, 4) is 11.1 Å². The van der Waals surface area contributed by atoms with Crippen LogP contribution < -0.4 is 5.32 Å². The minimum absolute atomic E-state index is 0.00844. The van der Waals surface area contributed by atoms with Crippen LogP contribution in [0.25, 0.3) is 11.1 Å². The van der Waals surface area contributed by atoms with E-state index in [1.54, 1.807) is 7.11 Å². The Balaban J connectivity index is 1.27. The Bertz CT molecular complexity index is 1400. The second kappa shape index (κ2) is 16.1. The third kappa shape index (κ3) is 9.22. The van der Waals surface area contributed by atoms with Crippen LogP contribution in [0, 0.1) is 0 Å². The third-order valence-electron chi connectivity index (χ3n) is 8.64. The van der Waals surface area contributed by atoms with Crippen LogP contribution >= 0.6 is 0 Å². The van der Waals surface area contributed by atoms with Crippen molar-refractivity contribution < 1.29 is 34.0 Å². The Morgan fingerprint density at radius 3 is 2.47 bits per heavy atom. The van der Waals surface area contributed by atoms with Crippen molar-refractivity contribution in [1.82, 2.24) is 10.2 Å². The number of ether oxygens (including phenoxy) is 3. The number of carboxylic acid groups (broad SMARTS) is 1. The zero-order valence-electron chi connectivity index (χ0n) is 25.9. The monoisotopic (exact) mass is 616 g/mol. The van der Waals surface area contributed by atoms with Crippen molar-refractivity contribution in [3.05, 3.63) is 95.1 Å². The van der Waals surface area contributed by atoms with Crippen molar-refractivity contribution in [3.63, 3.8) is 0 Å². The molecule has 2 heterocycles. The summed E-state index contributed by atoms with van der Waals surface area (Å²) in [6, 6.07) is 24.6. The lowest BCUT2D eigenvalue weighted by molar-refractivity contribution is -0.253.